The van der Waals surface area contributed by atoms with Gasteiger partial charge in [0.25, 0.3) is 5.91 Å². The first-order chi connectivity index (χ1) is 7.76. The number of hydrogen-bond acceptors (Lipinski definition) is 5. The summed E-state index contributed by atoms with van der Waals surface area (Å²) in [5, 5.41) is 10.5. The molecule has 0 radical (unpaired) electrons. The predicted molar refractivity (Wildman–Crippen MR) is 56.5 cm³/mol. The number of nitrogens with two attached hydrogens (primary N) is 2. The van der Waals surface area contributed by atoms with Crippen LogP contribution in [0.15, 0.2) is 0 Å². The fourth-order valence-electron chi connectivity index (χ4n) is 1.08. The van der Waals surface area contributed by atoms with Crippen molar-refractivity contribution in [3.8, 4) is 6.07 Å². The van der Waals surface area contributed by atoms with Crippen LogP contribution in [0.1, 0.15) is 15.2 Å². The molecule has 0 aromatic carbocycles. The zero-order valence-corrected chi connectivity index (χ0v) is 9.08. The van der Waals surface area contributed by atoms with Gasteiger partial charge in [0.2, 0.25) is 0 Å². The molecule has 1 rings (SSSR count). The van der Waals surface area contributed by atoms with E-state index in [1.54, 1.807) is 6.07 Å². The largest absolute Gasteiger partial charge is 0.405 e. The summed E-state index contributed by atoms with van der Waals surface area (Å²) in [7, 11) is 0. The van der Waals surface area contributed by atoms with Gasteiger partial charge in [-0.1, -0.05) is 0 Å². The molecule has 5 N–H and O–H groups in total. The Morgan fingerprint density at radius 1 is 1.53 bits per heavy atom. The molecule has 0 fully saturated rings. The summed E-state index contributed by atoms with van der Waals surface area (Å²) in [4.78, 5) is 11.0. The molecule has 17 heavy (non-hydrogen) atoms. The van der Waals surface area contributed by atoms with Gasteiger partial charge in [0.05, 0.1) is 11.3 Å². The third-order valence-corrected chi connectivity index (χ3v) is 2.81. The van der Waals surface area contributed by atoms with Crippen LogP contribution in [0.3, 0.4) is 0 Å². The van der Waals surface area contributed by atoms with Crippen molar-refractivity contribution in [2.45, 2.75) is 6.18 Å². The minimum Gasteiger partial charge on any atom is -0.396 e. The van der Waals surface area contributed by atoms with E-state index in [2.05, 4.69) is 0 Å². The summed E-state index contributed by atoms with van der Waals surface area (Å²) < 4.78 is 36.0. The minimum absolute atomic E-state index is 0.0523. The van der Waals surface area contributed by atoms with Gasteiger partial charge in [-0.25, -0.2) is 0 Å². The average molecular weight is 264 g/mol. The molecular formula is C8H7F3N4OS. The second-order valence-electron chi connectivity index (χ2n) is 2.99. The van der Waals surface area contributed by atoms with Crippen molar-refractivity contribution < 1.29 is 18.0 Å². The van der Waals surface area contributed by atoms with Gasteiger partial charge in [-0.3, -0.25) is 4.79 Å². The predicted octanol–water partition coefficient (Wildman–Crippen LogP) is 1.28. The lowest BCUT2D eigenvalue weighted by atomic mass is 10.2. The second kappa shape index (κ2) is 4.50. The number of nitrogen functional groups attached to an aromatic ring is 1. The van der Waals surface area contributed by atoms with Gasteiger partial charge in [0.15, 0.2) is 0 Å². The quantitative estimate of drug-likeness (QED) is 0.764. The van der Waals surface area contributed by atoms with Gasteiger partial charge in [-0.2, -0.15) is 18.4 Å². The summed E-state index contributed by atoms with van der Waals surface area (Å²) in [6, 6.07) is 1.67. The molecule has 0 spiro atoms. The number of rotatable bonds is 3. The average Bonchev–Trinajstić information content (AvgIpc) is 2.50. The van der Waals surface area contributed by atoms with Crippen LogP contribution in [0, 0.1) is 11.3 Å². The number of amides is 1. The van der Waals surface area contributed by atoms with Crippen molar-refractivity contribution in [2.24, 2.45) is 5.73 Å². The standard InChI is InChI=1S/C8H7F3N4OS/c9-8(10,11)2-15-7-4(6(14)16)5(13)3(1-12)17-7/h15H,2,13H2,(H2,14,16). The number of thiophene rings is 1. The van der Waals surface area contributed by atoms with Crippen molar-refractivity contribution >= 4 is 27.9 Å². The van der Waals surface area contributed by atoms with Crippen molar-refractivity contribution in [3.05, 3.63) is 10.4 Å². The molecule has 1 amide bonds. The first-order valence-electron chi connectivity index (χ1n) is 4.19. The summed E-state index contributed by atoms with van der Waals surface area (Å²) in [6.07, 6.45) is -4.44. The van der Waals surface area contributed by atoms with Crippen LogP contribution < -0.4 is 16.8 Å². The zero-order chi connectivity index (χ0) is 13.2. The number of halogens is 3. The molecule has 0 saturated heterocycles. The molecule has 0 saturated carbocycles. The van der Waals surface area contributed by atoms with Gasteiger partial charge >= 0.3 is 6.18 Å². The summed E-state index contributed by atoms with van der Waals surface area (Å²) in [5.74, 6) is -0.982. The Labute approximate surface area is 97.8 Å². The van der Waals surface area contributed by atoms with E-state index >= 15 is 0 Å². The van der Waals surface area contributed by atoms with Gasteiger partial charge in [0.1, 0.15) is 22.5 Å². The van der Waals surface area contributed by atoms with E-state index in [1.807, 2.05) is 5.32 Å². The number of anilines is 2. The molecule has 1 aromatic rings. The molecule has 5 nitrogen and oxygen atoms in total. The van der Waals surface area contributed by atoms with E-state index in [9.17, 15) is 18.0 Å². The number of primary amides is 1. The highest BCUT2D eigenvalue weighted by Gasteiger charge is 2.29. The smallest absolute Gasteiger partial charge is 0.396 e. The number of carbonyl (C=O) groups excluding carboxylic acids is 1. The Balaban J connectivity index is 3.08. The maximum atomic E-state index is 12.0. The number of nitriles is 1. The first kappa shape index (κ1) is 13.1. The minimum atomic E-state index is -4.44. The van der Waals surface area contributed by atoms with Crippen LogP contribution in [0.2, 0.25) is 0 Å². The van der Waals surface area contributed by atoms with E-state index in [-0.39, 0.29) is 21.1 Å². The normalized spacial score (nSPS) is 10.9. The summed E-state index contributed by atoms with van der Waals surface area (Å²) >= 11 is 0.657. The van der Waals surface area contributed by atoms with Gasteiger partial charge in [-0.15, -0.1) is 11.3 Å². The maximum Gasteiger partial charge on any atom is 0.405 e. The van der Waals surface area contributed by atoms with E-state index in [1.165, 1.54) is 0 Å². The SMILES string of the molecule is N#Cc1sc(NCC(F)(F)F)c(C(N)=O)c1N. The van der Waals surface area contributed by atoms with Crippen LogP contribution in [-0.4, -0.2) is 18.6 Å². The Hall–Kier alpha value is -1.95. The number of nitrogens with zero attached hydrogens (tertiary/aromatic N) is 1. The molecular weight excluding hydrogens is 257 g/mol. The lowest BCUT2D eigenvalue weighted by molar-refractivity contribution is -0.115. The van der Waals surface area contributed by atoms with Gasteiger partial charge in [0, 0.05) is 0 Å². The molecule has 0 unspecified atom stereocenters. The fourth-order valence-corrected chi connectivity index (χ4v) is 2.00. The highest BCUT2D eigenvalue weighted by atomic mass is 32.1. The van der Waals surface area contributed by atoms with Crippen molar-refractivity contribution in [1.29, 1.82) is 5.26 Å². The van der Waals surface area contributed by atoms with E-state index in [0.717, 1.165) is 0 Å². The number of alkyl halides is 3. The Kier molecular flexibility index (Phi) is 3.47. The Morgan fingerprint density at radius 2 is 2.12 bits per heavy atom. The molecule has 9 heteroatoms. The van der Waals surface area contributed by atoms with Crippen LogP contribution in [0.4, 0.5) is 23.9 Å². The summed E-state index contributed by atoms with van der Waals surface area (Å²) in [6.45, 7) is -1.34. The lowest BCUT2D eigenvalue weighted by Crippen LogP contribution is -2.22. The monoisotopic (exact) mass is 264 g/mol. The number of nitrogens with one attached hydrogen (secondary N) is 1. The maximum absolute atomic E-state index is 12.0. The second-order valence-corrected chi connectivity index (χ2v) is 4.01. The Morgan fingerprint density at radius 3 is 2.53 bits per heavy atom. The molecule has 0 aliphatic heterocycles. The van der Waals surface area contributed by atoms with Crippen LogP contribution in [-0.2, 0) is 0 Å². The van der Waals surface area contributed by atoms with Gasteiger partial charge < -0.3 is 16.8 Å². The molecule has 1 aromatic heterocycles. The molecule has 0 atom stereocenters. The number of hydrogen-bond donors (Lipinski definition) is 3. The van der Waals surface area contributed by atoms with Crippen molar-refractivity contribution in [3.63, 3.8) is 0 Å². The topological polar surface area (TPSA) is 105 Å². The first-order valence-corrected chi connectivity index (χ1v) is 5.00. The highest BCUT2D eigenvalue weighted by Crippen LogP contribution is 2.35. The van der Waals surface area contributed by atoms with Gasteiger partial charge in [-0.05, 0) is 0 Å². The molecule has 0 aliphatic carbocycles. The van der Waals surface area contributed by atoms with Crippen molar-refractivity contribution in [2.75, 3.05) is 17.6 Å². The third-order valence-electron chi connectivity index (χ3n) is 1.74. The van der Waals surface area contributed by atoms with Crippen LogP contribution in [0.5, 0.6) is 0 Å². The molecule has 0 bridgehead atoms. The highest BCUT2D eigenvalue weighted by molar-refractivity contribution is 7.17. The molecule has 1 heterocycles. The zero-order valence-electron chi connectivity index (χ0n) is 8.26. The van der Waals surface area contributed by atoms with Crippen LogP contribution in [0.25, 0.3) is 0 Å². The number of carbonyl (C=O) groups is 1. The Bertz CT molecular complexity index is 488. The van der Waals surface area contributed by atoms with Crippen LogP contribution >= 0.6 is 11.3 Å². The van der Waals surface area contributed by atoms with E-state index in [0.29, 0.717) is 11.3 Å². The van der Waals surface area contributed by atoms with E-state index in [4.69, 9.17) is 16.7 Å². The third kappa shape index (κ3) is 3.01. The molecule has 0 aliphatic rings. The van der Waals surface area contributed by atoms with Crippen molar-refractivity contribution in [1.82, 2.24) is 0 Å². The fraction of sp³-hybridized carbons (Fsp3) is 0.250. The lowest BCUT2D eigenvalue weighted by Gasteiger charge is -2.08. The van der Waals surface area contributed by atoms with E-state index < -0.39 is 18.6 Å². The molecule has 92 valence electrons. The summed E-state index contributed by atoms with van der Waals surface area (Å²) in [5.41, 5.74) is 9.92.